The highest BCUT2D eigenvalue weighted by molar-refractivity contribution is 7.15. The number of amides is 1. The molecule has 1 unspecified atom stereocenters. The second-order valence-corrected chi connectivity index (χ2v) is 7.31. The van der Waals surface area contributed by atoms with E-state index in [-0.39, 0.29) is 23.6 Å². The number of halogens is 1. The van der Waals surface area contributed by atoms with Crippen LogP contribution in [0.15, 0.2) is 29.1 Å². The molecule has 0 radical (unpaired) electrons. The quantitative estimate of drug-likeness (QED) is 0.694. The molecule has 3 aromatic rings. The largest absolute Gasteiger partial charge is 0.417 e. The Balaban J connectivity index is 1.59. The predicted molar refractivity (Wildman–Crippen MR) is 93.4 cm³/mol. The molecule has 9 heteroatoms. The van der Waals surface area contributed by atoms with Crippen LogP contribution in [0.1, 0.15) is 48.8 Å². The van der Waals surface area contributed by atoms with Gasteiger partial charge >= 0.3 is 0 Å². The van der Waals surface area contributed by atoms with Gasteiger partial charge in [0, 0.05) is 12.6 Å². The molecule has 1 aliphatic rings. The summed E-state index contributed by atoms with van der Waals surface area (Å²) in [5.74, 6) is 0.383. The predicted octanol–water partition coefficient (Wildman–Crippen LogP) is 3.66. The molecule has 0 N–H and O–H groups in total. The lowest BCUT2D eigenvalue weighted by Gasteiger charge is -2.31. The number of rotatable bonds is 4. The van der Waals surface area contributed by atoms with Crippen molar-refractivity contribution in [1.82, 2.24) is 20.2 Å². The molecule has 3 aromatic heterocycles. The van der Waals surface area contributed by atoms with E-state index in [1.165, 1.54) is 18.3 Å². The van der Waals surface area contributed by atoms with E-state index >= 15 is 0 Å². The van der Waals surface area contributed by atoms with Crippen molar-refractivity contribution in [2.24, 2.45) is 0 Å². The molecular weight excluding hydrogens is 357 g/mol. The maximum Gasteiger partial charge on any atom is 0.259 e. The lowest BCUT2D eigenvalue weighted by atomic mass is 9.92. The zero-order valence-corrected chi connectivity index (χ0v) is 15.0. The number of aromatic nitrogens is 4. The first-order valence-corrected chi connectivity index (χ1v) is 9.01. The van der Waals surface area contributed by atoms with Crippen LogP contribution in [0.3, 0.4) is 0 Å². The van der Waals surface area contributed by atoms with Crippen molar-refractivity contribution in [1.29, 1.82) is 0 Å². The van der Waals surface area contributed by atoms with Gasteiger partial charge in [0.1, 0.15) is 9.88 Å². The third kappa shape index (κ3) is 2.98. The van der Waals surface area contributed by atoms with Crippen molar-refractivity contribution in [2.45, 2.75) is 38.9 Å². The summed E-state index contributed by atoms with van der Waals surface area (Å²) in [6.45, 7) is 3.72. The van der Waals surface area contributed by atoms with Gasteiger partial charge in [-0.2, -0.15) is 0 Å². The van der Waals surface area contributed by atoms with Gasteiger partial charge in [-0.05, 0) is 24.5 Å². The molecule has 4 heterocycles. The highest BCUT2D eigenvalue weighted by atomic mass is 32.1. The molecule has 0 saturated heterocycles. The Kier molecular flexibility index (Phi) is 4.23. The van der Waals surface area contributed by atoms with Gasteiger partial charge < -0.3 is 9.32 Å². The Labute approximate surface area is 152 Å². The van der Waals surface area contributed by atoms with E-state index in [4.69, 9.17) is 4.42 Å². The van der Waals surface area contributed by atoms with Crippen LogP contribution in [-0.4, -0.2) is 26.1 Å². The number of alkyl halides is 1. The van der Waals surface area contributed by atoms with E-state index in [2.05, 4.69) is 20.2 Å². The van der Waals surface area contributed by atoms with Gasteiger partial charge in [0.15, 0.2) is 6.17 Å². The van der Waals surface area contributed by atoms with Gasteiger partial charge in [0.25, 0.3) is 11.8 Å². The summed E-state index contributed by atoms with van der Waals surface area (Å²) >= 11 is 1.34. The molecule has 7 nitrogen and oxygen atoms in total. The molecule has 4 rings (SSSR count). The smallest absolute Gasteiger partial charge is 0.259 e. The van der Waals surface area contributed by atoms with E-state index in [1.54, 1.807) is 23.5 Å². The number of carbonyl (C=O) groups is 1. The van der Waals surface area contributed by atoms with E-state index in [0.29, 0.717) is 17.8 Å². The fourth-order valence-corrected chi connectivity index (χ4v) is 3.77. The van der Waals surface area contributed by atoms with Crippen LogP contribution < -0.4 is 4.90 Å². The van der Waals surface area contributed by atoms with E-state index in [9.17, 15) is 9.18 Å². The first kappa shape index (κ1) is 16.8. The highest BCUT2D eigenvalue weighted by Crippen LogP contribution is 2.36. The summed E-state index contributed by atoms with van der Waals surface area (Å²) in [4.78, 5) is 23.4. The summed E-state index contributed by atoms with van der Waals surface area (Å²) in [6.07, 6.45) is 4.19. The van der Waals surface area contributed by atoms with Crippen LogP contribution in [0.4, 0.5) is 10.1 Å². The third-order valence-corrected chi connectivity index (χ3v) is 5.25. The van der Waals surface area contributed by atoms with Crippen LogP contribution in [0, 0.1) is 0 Å². The van der Waals surface area contributed by atoms with Crippen molar-refractivity contribution in [3.8, 4) is 10.8 Å². The second kappa shape index (κ2) is 6.56. The number of hydrogen-bond donors (Lipinski definition) is 0. The minimum Gasteiger partial charge on any atom is -0.417 e. The molecule has 2 atom stereocenters. The maximum atomic E-state index is 13.2. The number of hydrogen-bond acceptors (Lipinski definition) is 7. The van der Waals surface area contributed by atoms with Gasteiger partial charge in [-0.25, -0.2) is 9.37 Å². The fraction of sp³-hybridized carbons (Fsp3) is 0.353. The molecule has 0 fully saturated rings. The van der Waals surface area contributed by atoms with Gasteiger partial charge in [0.2, 0.25) is 5.91 Å². The lowest BCUT2D eigenvalue weighted by molar-refractivity contribution is -0.119. The molecular formula is C17H16FN5O2S. The van der Waals surface area contributed by atoms with Gasteiger partial charge in [-0.3, -0.25) is 9.78 Å². The van der Waals surface area contributed by atoms with Crippen LogP contribution in [0.2, 0.25) is 0 Å². The van der Waals surface area contributed by atoms with Gasteiger partial charge in [-0.15, -0.1) is 21.5 Å². The monoisotopic (exact) mass is 373 g/mol. The fourth-order valence-electron chi connectivity index (χ4n) is 2.94. The lowest BCUT2D eigenvalue weighted by Crippen LogP contribution is -2.35. The van der Waals surface area contributed by atoms with Crippen molar-refractivity contribution in [2.75, 3.05) is 4.90 Å². The number of nitrogens with zero attached hydrogens (tertiary/aromatic N) is 5. The Hall–Kier alpha value is -2.68. The van der Waals surface area contributed by atoms with Crippen molar-refractivity contribution < 1.29 is 13.6 Å². The van der Waals surface area contributed by atoms with E-state index in [0.717, 1.165) is 16.3 Å². The van der Waals surface area contributed by atoms with Crippen LogP contribution in [0.5, 0.6) is 0 Å². The average molecular weight is 373 g/mol. The number of pyridine rings is 1. The molecule has 26 heavy (non-hydrogen) atoms. The highest BCUT2D eigenvalue weighted by Gasteiger charge is 2.29. The average Bonchev–Trinajstić information content (AvgIpc) is 3.28. The molecule has 1 amide bonds. The maximum absolute atomic E-state index is 13.2. The molecule has 134 valence electrons. The third-order valence-electron chi connectivity index (χ3n) is 4.27. The summed E-state index contributed by atoms with van der Waals surface area (Å²) < 4.78 is 18.5. The zero-order valence-electron chi connectivity index (χ0n) is 14.2. The summed E-state index contributed by atoms with van der Waals surface area (Å²) in [7, 11) is 0. The molecule has 0 saturated carbocycles. The SMILES string of the molecule is CC(F)c1nnc(-c2cnc(CN3C(=O)C[C@H](C)c4ccncc43)s2)o1. The summed E-state index contributed by atoms with van der Waals surface area (Å²) in [5.41, 5.74) is 1.93. The van der Waals surface area contributed by atoms with Gasteiger partial charge in [-0.1, -0.05) is 6.92 Å². The Morgan fingerprint density at radius 1 is 1.42 bits per heavy atom. The van der Waals surface area contributed by atoms with Crippen molar-refractivity contribution in [3.63, 3.8) is 0 Å². The van der Waals surface area contributed by atoms with E-state index in [1.807, 2.05) is 13.0 Å². The molecule has 0 aromatic carbocycles. The molecule has 0 bridgehead atoms. The number of anilines is 1. The first-order valence-electron chi connectivity index (χ1n) is 8.19. The molecule has 1 aliphatic heterocycles. The molecule has 0 spiro atoms. The van der Waals surface area contributed by atoms with Crippen molar-refractivity contribution >= 4 is 22.9 Å². The number of thiazole rings is 1. The Morgan fingerprint density at radius 2 is 2.27 bits per heavy atom. The number of fused-ring (bicyclic) bond motifs is 1. The minimum absolute atomic E-state index is 0.0427. The zero-order chi connectivity index (χ0) is 18.3. The van der Waals surface area contributed by atoms with Gasteiger partial charge in [0.05, 0.1) is 24.6 Å². The standard InChI is InChI=1S/C17H16FN5O2S/c1-9-5-15(24)23(12-6-19-4-3-11(9)12)8-14-20-7-13(26-14)17-22-21-16(25-17)10(2)18/h3-4,6-7,9-10H,5,8H2,1-2H3/t9-,10?/m0/s1. The van der Waals surface area contributed by atoms with E-state index < -0.39 is 6.17 Å². The van der Waals surface area contributed by atoms with Crippen LogP contribution >= 0.6 is 11.3 Å². The Morgan fingerprint density at radius 3 is 3.04 bits per heavy atom. The summed E-state index contributed by atoms with van der Waals surface area (Å²) in [6, 6.07) is 1.95. The first-order chi connectivity index (χ1) is 12.5. The second-order valence-electron chi connectivity index (χ2n) is 6.20. The van der Waals surface area contributed by atoms with Crippen LogP contribution in [-0.2, 0) is 11.3 Å². The topological polar surface area (TPSA) is 85.0 Å². The Bertz CT molecular complexity index is 954. The molecule has 0 aliphatic carbocycles. The van der Waals surface area contributed by atoms with Crippen molar-refractivity contribution in [3.05, 3.63) is 41.1 Å². The minimum atomic E-state index is -1.32. The number of carbonyl (C=O) groups excluding carboxylic acids is 1. The van der Waals surface area contributed by atoms with Crippen LogP contribution in [0.25, 0.3) is 10.8 Å². The summed E-state index contributed by atoms with van der Waals surface area (Å²) in [5, 5.41) is 8.26. The normalized spacial score (nSPS) is 18.0.